The molecule has 0 aliphatic heterocycles. The maximum Gasteiger partial charge on any atom is 0.291 e. The topological polar surface area (TPSA) is 69.3 Å². The average molecular weight is 450 g/mol. The van der Waals surface area contributed by atoms with Gasteiger partial charge in [0.05, 0.1) is 18.4 Å². The number of nitrogens with zero attached hydrogens (tertiary/aromatic N) is 2. The number of ether oxygens (including phenoxy) is 1. The number of aryl methyl sites for hydroxylation is 1. The molecule has 4 aromatic rings. The highest BCUT2D eigenvalue weighted by atomic mass is 35.5. The molecule has 0 bridgehead atoms. The Morgan fingerprint density at radius 1 is 1.06 bits per heavy atom. The number of amides is 1. The first kappa shape index (κ1) is 21.7. The summed E-state index contributed by atoms with van der Waals surface area (Å²) in [6, 6.07) is 18.9. The molecule has 0 saturated heterocycles. The van der Waals surface area contributed by atoms with Gasteiger partial charge in [-0.25, -0.2) is 0 Å². The Kier molecular flexibility index (Phi) is 6.92. The summed E-state index contributed by atoms with van der Waals surface area (Å²) >= 11 is 5.92. The molecule has 4 rings (SSSR count). The number of halogens is 1. The zero-order valence-electron chi connectivity index (χ0n) is 17.8. The summed E-state index contributed by atoms with van der Waals surface area (Å²) in [6.45, 7) is 2.98. The van der Waals surface area contributed by atoms with E-state index in [2.05, 4.69) is 29.5 Å². The van der Waals surface area contributed by atoms with Crippen LogP contribution in [0.5, 0.6) is 5.75 Å². The standard InChI is InChI=1S/C25H24ClN3O3/c1-2-3-18-6-10-22(11-7-18)31-17-23-12-13-24(32-23)25(30)28-21-14-27-29(16-21)15-19-4-8-20(26)9-5-19/h4-14,16H,2-3,15,17H2,1H3,(H,28,30). The Hall–Kier alpha value is -3.51. The molecule has 0 radical (unpaired) electrons. The van der Waals surface area contributed by atoms with Gasteiger partial charge in [0, 0.05) is 11.2 Å². The van der Waals surface area contributed by atoms with Crippen LogP contribution in [0, 0.1) is 0 Å². The number of aromatic nitrogens is 2. The summed E-state index contributed by atoms with van der Waals surface area (Å²) in [5.74, 6) is 1.21. The normalized spacial score (nSPS) is 10.8. The maximum absolute atomic E-state index is 12.5. The van der Waals surface area contributed by atoms with E-state index in [1.54, 1.807) is 29.2 Å². The van der Waals surface area contributed by atoms with E-state index in [0.717, 1.165) is 24.2 Å². The number of carbonyl (C=O) groups is 1. The predicted octanol–water partition coefficient (Wildman–Crippen LogP) is 5.96. The minimum atomic E-state index is -0.341. The van der Waals surface area contributed by atoms with Crippen molar-refractivity contribution in [2.45, 2.75) is 32.9 Å². The fourth-order valence-corrected chi connectivity index (χ4v) is 3.38. The smallest absolute Gasteiger partial charge is 0.291 e. The lowest BCUT2D eigenvalue weighted by Crippen LogP contribution is -2.10. The van der Waals surface area contributed by atoms with Gasteiger partial charge in [0.25, 0.3) is 5.91 Å². The minimum absolute atomic E-state index is 0.215. The van der Waals surface area contributed by atoms with Gasteiger partial charge in [-0.2, -0.15) is 5.10 Å². The van der Waals surface area contributed by atoms with Crippen LogP contribution in [-0.2, 0) is 19.6 Å². The fourth-order valence-electron chi connectivity index (χ4n) is 3.26. The second-order valence-corrected chi connectivity index (χ2v) is 7.89. The average Bonchev–Trinajstić information content (AvgIpc) is 3.45. The van der Waals surface area contributed by atoms with Crippen LogP contribution >= 0.6 is 11.6 Å². The van der Waals surface area contributed by atoms with Crippen LogP contribution in [0.1, 0.15) is 40.8 Å². The van der Waals surface area contributed by atoms with Crippen LogP contribution in [-0.4, -0.2) is 15.7 Å². The van der Waals surface area contributed by atoms with Gasteiger partial charge in [0.1, 0.15) is 18.1 Å². The Morgan fingerprint density at radius 3 is 2.56 bits per heavy atom. The lowest BCUT2D eigenvalue weighted by atomic mass is 10.1. The third kappa shape index (κ3) is 5.80. The van der Waals surface area contributed by atoms with Gasteiger partial charge in [0.15, 0.2) is 5.76 Å². The predicted molar refractivity (Wildman–Crippen MR) is 124 cm³/mol. The molecule has 1 amide bonds. The Balaban J connectivity index is 1.30. The monoisotopic (exact) mass is 449 g/mol. The first-order valence-corrected chi connectivity index (χ1v) is 10.9. The highest BCUT2D eigenvalue weighted by Gasteiger charge is 2.13. The summed E-state index contributed by atoms with van der Waals surface area (Å²) in [5.41, 5.74) is 2.93. The molecule has 2 aromatic carbocycles. The van der Waals surface area contributed by atoms with Crippen molar-refractivity contribution in [1.82, 2.24) is 9.78 Å². The number of rotatable bonds is 9. The van der Waals surface area contributed by atoms with Crippen molar-refractivity contribution in [2.24, 2.45) is 0 Å². The summed E-state index contributed by atoms with van der Waals surface area (Å²) in [6.07, 6.45) is 5.53. The van der Waals surface area contributed by atoms with E-state index >= 15 is 0 Å². The Labute approximate surface area is 191 Å². The van der Waals surface area contributed by atoms with Gasteiger partial charge in [0.2, 0.25) is 0 Å². The molecular weight excluding hydrogens is 426 g/mol. The van der Waals surface area contributed by atoms with Crippen molar-refractivity contribution in [3.63, 3.8) is 0 Å². The van der Waals surface area contributed by atoms with E-state index in [1.165, 1.54) is 5.56 Å². The van der Waals surface area contributed by atoms with Crippen molar-refractivity contribution in [2.75, 3.05) is 5.32 Å². The van der Waals surface area contributed by atoms with Crippen LogP contribution < -0.4 is 10.1 Å². The number of benzene rings is 2. The zero-order chi connectivity index (χ0) is 22.3. The van der Waals surface area contributed by atoms with E-state index in [0.29, 0.717) is 23.0 Å². The SMILES string of the molecule is CCCc1ccc(OCc2ccc(C(=O)Nc3cnn(Cc4ccc(Cl)cc4)c3)o2)cc1. The van der Waals surface area contributed by atoms with Crippen molar-refractivity contribution >= 4 is 23.2 Å². The number of nitrogens with one attached hydrogen (secondary N) is 1. The second kappa shape index (κ2) is 10.2. The molecule has 0 aliphatic carbocycles. The summed E-state index contributed by atoms with van der Waals surface area (Å²) in [4.78, 5) is 12.5. The molecule has 7 heteroatoms. The molecule has 6 nitrogen and oxygen atoms in total. The molecule has 0 fully saturated rings. The second-order valence-electron chi connectivity index (χ2n) is 7.46. The molecule has 0 spiro atoms. The molecule has 164 valence electrons. The molecule has 32 heavy (non-hydrogen) atoms. The van der Waals surface area contributed by atoms with E-state index in [4.69, 9.17) is 20.8 Å². The van der Waals surface area contributed by atoms with Crippen molar-refractivity contribution in [3.8, 4) is 5.75 Å². The highest BCUT2D eigenvalue weighted by Crippen LogP contribution is 2.18. The molecule has 0 unspecified atom stereocenters. The van der Waals surface area contributed by atoms with Crippen LogP contribution in [0.4, 0.5) is 5.69 Å². The third-order valence-electron chi connectivity index (χ3n) is 4.88. The quantitative estimate of drug-likeness (QED) is 0.342. The summed E-state index contributed by atoms with van der Waals surface area (Å²) < 4.78 is 13.1. The summed E-state index contributed by atoms with van der Waals surface area (Å²) in [7, 11) is 0. The zero-order valence-corrected chi connectivity index (χ0v) is 18.5. The lowest BCUT2D eigenvalue weighted by molar-refractivity contribution is 0.0992. The molecule has 1 N–H and O–H groups in total. The lowest BCUT2D eigenvalue weighted by Gasteiger charge is -2.05. The number of carbonyl (C=O) groups excluding carboxylic acids is 1. The van der Waals surface area contributed by atoms with Gasteiger partial charge in [-0.1, -0.05) is 49.2 Å². The number of anilines is 1. The van der Waals surface area contributed by atoms with Gasteiger partial charge < -0.3 is 14.5 Å². The van der Waals surface area contributed by atoms with Crippen molar-refractivity contribution in [1.29, 1.82) is 0 Å². The number of hydrogen-bond acceptors (Lipinski definition) is 4. The van der Waals surface area contributed by atoms with Gasteiger partial charge >= 0.3 is 0 Å². The van der Waals surface area contributed by atoms with E-state index in [-0.39, 0.29) is 18.3 Å². The first-order valence-electron chi connectivity index (χ1n) is 10.5. The van der Waals surface area contributed by atoms with Crippen LogP contribution in [0.3, 0.4) is 0 Å². The maximum atomic E-state index is 12.5. The van der Waals surface area contributed by atoms with E-state index in [9.17, 15) is 4.79 Å². The van der Waals surface area contributed by atoms with Crippen LogP contribution in [0.25, 0.3) is 0 Å². The molecular formula is C25H24ClN3O3. The molecule has 2 aromatic heterocycles. The van der Waals surface area contributed by atoms with Gasteiger partial charge in [-0.05, 0) is 53.9 Å². The van der Waals surface area contributed by atoms with Crippen molar-refractivity contribution in [3.05, 3.63) is 101 Å². The third-order valence-corrected chi connectivity index (χ3v) is 5.13. The molecule has 2 heterocycles. The first-order chi connectivity index (χ1) is 15.6. The number of furan rings is 1. The van der Waals surface area contributed by atoms with Crippen molar-refractivity contribution < 1.29 is 13.9 Å². The number of hydrogen-bond donors (Lipinski definition) is 1. The largest absolute Gasteiger partial charge is 0.486 e. The van der Waals surface area contributed by atoms with Gasteiger partial charge in [-0.3, -0.25) is 9.48 Å². The Bertz CT molecular complexity index is 1160. The Morgan fingerprint density at radius 2 is 1.81 bits per heavy atom. The highest BCUT2D eigenvalue weighted by molar-refractivity contribution is 6.30. The molecule has 0 atom stereocenters. The van der Waals surface area contributed by atoms with Crippen LogP contribution in [0.2, 0.25) is 5.02 Å². The van der Waals surface area contributed by atoms with Crippen LogP contribution in [0.15, 0.2) is 77.5 Å². The van der Waals surface area contributed by atoms with Gasteiger partial charge in [-0.15, -0.1) is 0 Å². The van der Waals surface area contributed by atoms with E-state index in [1.807, 2.05) is 36.4 Å². The summed E-state index contributed by atoms with van der Waals surface area (Å²) in [5, 5.41) is 7.78. The fraction of sp³-hybridized carbons (Fsp3) is 0.200. The van der Waals surface area contributed by atoms with E-state index < -0.39 is 0 Å². The minimum Gasteiger partial charge on any atom is -0.486 e. The molecule has 0 aliphatic rings. The molecule has 0 saturated carbocycles.